The van der Waals surface area contributed by atoms with Gasteiger partial charge >= 0.3 is 0 Å². The van der Waals surface area contributed by atoms with Crippen molar-refractivity contribution in [3.8, 4) is 5.75 Å². The van der Waals surface area contributed by atoms with Crippen molar-refractivity contribution in [3.05, 3.63) is 63.5 Å². The minimum Gasteiger partial charge on any atom is -0.497 e. The molecule has 0 radical (unpaired) electrons. The van der Waals surface area contributed by atoms with Gasteiger partial charge in [-0.3, -0.25) is 0 Å². The van der Waals surface area contributed by atoms with E-state index >= 15 is 0 Å². The van der Waals surface area contributed by atoms with E-state index < -0.39 is 0 Å². The molecule has 3 aromatic rings. The Hall–Kier alpha value is -1.91. The second-order valence-electron chi connectivity index (χ2n) is 6.15. The first-order chi connectivity index (χ1) is 11.7. The molecule has 2 aromatic carbocycles. The van der Waals surface area contributed by atoms with Crippen LogP contribution in [0.4, 0.5) is 0 Å². The smallest absolute Gasteiger partial charge is 0.200 e. The summed E-state index contributed by atoms with van der Waals surface area (Å²) < 4.78 is 7.93. The van der Waals surface area contributed by atoms with E-state index in [1.807, 2.05) is 30.3 Å². The molecule has 0 saturated heterocycles. The van der Waals surface area contributed by atoms with Crippen molar-refractivity contribution >= 4 is 34.7 Å². The minimum atomic E-state index is 0.531. The lowest BCUT2D eigenvalue weighted by atomic mass is 10.1. The van der Waals surface area contributed by atoms with Gasteiger partial charge in [0.25, 0.3) is 0 Å². The van der Waals surface area contributed by atoms with Gasteiger partial charge in [0.2, 0.25) is 4.77 Å². The summed E-state index contributed by atoms with van der Waals surface area (Å²) in [5.41, 5.74) is 3.35. The maximum atomic E-state index is 6.22. The van der Waals surface area contributed by atoms with Crippen LogP contribution in [-0.2, 0) is 6.54 Å². The summed E-state index contributed by atoms with van der Waals surface area (Å²) in [6.07, 6.45) is 2.37. The van der Waals surface area contributed by atoms with E-state index in [9.17, 15) is 0 Å². The molecular weight excluding hydrogens is 340 g/mol. The van der Waals surface area contributed by atoms with E-state index in [2.05, 4.69) is 16.7 Å². The van der Waals surface area contributed by atoms with E-state index in [0.717, 1.165) is 32.9 Å². The molecule has 0 unspecified atom stereocenters. The summed E-state index contributed by atoms with van der Waals surface area (Å²) in [6, 6.07) is 14.0. The van der Waals surface area contributed by atoms with Crippen molar-refractivity contribution in [2.45, 2.75) is 25.3 Å². The van der Waals surface area contributed by atoms with Crippen LogP contribution in [0.1, 0.15) is 30.0 Å². The molecule has 122 valence electrons. The molecule has 24 heavy (non-hydrogen) atoms. The fourth-order valence-electron chi connectivity index (χ4n) is 3.01. The molecule has 1 saturated carbocycles. The largest absolute Gasteiger partial charge is 0.497 e. The zero-order chi connectivity index (χ0) is 16.7. The fourth-order valence-corrected chi connectivity index (χ4v) is 3.44. The number of methoxy groups -OCH3 is 1. The van der Waals surface area contributed by atoms with Crippen LogP contribution in [0.3, 0.4) is 0 Å². The van der Waals surface area contributed by atoms with Gasteiger partial charge < -0.3 is 9.30 Å². The average molecular weight is 357 g/mol. The van der Waals surface area contributed by atoms with Gasteiger partial charge in [-0.15, -0.1) is 0 Å². The highest BCUT2D eigenvalue weighted by Crippen LogP contribution is 2.42. The van der Waals surface area contributed by atoms with Gasteiger partial charge in [0.05, 0.1) is 24.9 Å². The molecule has 0 aliphatic heterocycles. The number of ether oxygens (including phenoxy) is 1. The van der Waals surface area contributed by atoms with Gasteiger partial charge in [0, 0.05) is 16.3 Å². The number of hydrogen-bond acceptors (Lipinski definition) is 3. The van der Waals surface area contributed by atoms with Crippen LogP contribution in [0.15, 0.2) is 42.5 Å². The highest BCUT2D eigenvalue weighted by molar-refractivity contribution is 7.71. The predicted octanol–water partition coefficient (Wildman–Crippen LogP) is 5.35. The standard InChI is InChI=1S/C19H17ClN2OS/c1-23-15-7-2-12(3-8-15)11-22-17-9-6-14(20)10-16(17)18(13-4-5-13)21-19(22)24/h2-3,6-10,13H,4-5,11H2,1H3. The predicted molar refractivity (Wildman–Crippen MR) is 99.6 cm³/mol. The molecule has 3 nitrogen and oxygen atoms in total. The van der Waals surface area contributed by atoms with E-state index in [-0.39, 0.29) is 0 Å². The van der Waals surface area contributed by atoms with Crippen LogP contribution in [0.2, 0.25) is 5.02 Å². The first-order valence-electron chi connectivity index (χ1n) is 7.98. The third kappa shape index (κ3) is 2.92. The number of nitrogens with zero attached hydrogens (tertiary/aromatic N) is 2. The number of benzene rings is 2. The van der Waals surface area contributed by atoms with Crippen molar-refractivity contribution in [2.24, 2.45) is 0 Å². The molecule has 5 heteroatoms. The Labute approximate surface area is 150 Å². The Balaban J connectivity index is 1.83. The first kappa shape index (κ1) is 15.6. The van der Waals surface area contributed by atoms with Gasteiger partial charge in [-0.25, -0.2) is 4.98 Å². The van der Waals surface area contributed by atoms with Gasteiger partial charge in [-0.2, -0.15) is 0 Å². The Morgan fingerprint density at radius 1 is 1.21 bits per heavy atom. The van der Waals surface area contributed by atoms with Crippen molar-refractivity contribution < 1.29 is 4.74 Å². The zero-order valence-corrected chi connectivity index (χ0v) is 14.9. The van der Waals surface area contributed by atoms with E-state index in [1.165, 1.54) is 12.8 Å². The van der Waals surface area contributed by atoms with Crippen LogP contribution in [0.25, 0.3) is 10.9 Å². The lowest BCUT2D eigenvalue weighted by Crippen LogP contribution is -2.08. The lowest BCUT2D eigenvalue weighted by molar-refractivity contribution is 0.414. The fraction of sp³-hybridized carbons (Fsp3) is 0.263. The van der Waals surface area contributed by atoms with Gasteiger partial charge in [0.15, 0.2) is 0 Å². The lowest BCUT2D eigenvalue weighted by Gasteiger charge is -2.14. The number of halogens is 1. The summed E-state index contributed by atoms with van der Waals surface area (Å²) in [5.74, 6) is 1.38. The zero-order valence-electron chi connectivity index (χ0n) is 13.3. The first-order valence-corrected chi connectivity index (χ1v) is 8.77. The topological polar surface area (TPSA) is 27.1 Å². The average Bonchev–Trinajstić information content (AvgIpc) is 3.42. The number of aromatic nitrogens is 2. The maximum Gasteiger partial charge on any atom is 0.200 e. The van der Waals surface area contributed by atoms with Crippen LogP contribution < -0.4 is 4.74 Å². The Morgan fingerprint density at radius 3 is 2.62 bits per heavy atom. The SMILES string of the molecule is COc1ccc(Cn2c(=S)nc(C3CC3)c3cc(Cl)ccc32)cc1. The van der Waals surface area contributed by atoms with E-state index in [4.69, 9.17) is 33.5 Å². The normalized spacial score (nSPS) is 14.1. The summed E-state index contributed by atoms with van der Waals surface area (Å²) in [5, 5.41) is 1.85. The van der Waals surface area contributed by atoms with Crippen LogP contribution >= 0.6 is 23.8 Å². The van der Waals surface area contributed by atoms with Crippen LogP contribution in [0.5, 0.6) is 5.75 Å². The van der Waals surface area contributed by atoms with E-state index in [0.29, 0.717) is 17.2 Å². The molecule has 0 amide bonds. The molecule has 0 atom stereocenters. The molecule has 1 heterocycles. The van der Waals surface area contributed by atoms with Crippen molar-refractivity contribution in [2.75, 3.05) is 7.11 Å². The molecule has 0 bridgehead atoms. The van der Waals surface area contributed by atoms with Gasteiger partial charge in [-0.1, -0.05) is 23.7 Å². The van der Waals surface area contributed by atoms with Crippen LogP contribution in [-0.4, -0.2) is 16.7 Å². The summed E-state index contributed by atoms with van der Waals surface area (Å²) in [7, 11) is 1.67. The van der Waals surface area contributed by atoms with Crippen molar-refractivity contribution in [3.63, 3.8) is 0 Å². The Kier molecular flexibility index (Phi) is 4.02. The molecule has 4 rings (SSSR count). The second kappa shape index (κ2) is 6.19. The van der Waals surface area contributed by atoms with Crippen molar-refractivity contribution in [1.29, 1.82) is 0 Å². The highest BCUT2D eigenvalue weighted by atomic mass is 35.5. The number of fused-ring (bicyclic) bond motifs is 1. The summed E-state index contributed by atoms with van der Waals surface area (Å²) >= 11 is 11.8. The summed E-state index contributed by atoms with van der Waals surface area (Å²) in [4.78, 5) is 4.73. The second-order valence-corrected chi connectivity index (χ2v) is 6.95. The third-order valence-corrected chi connectivity index (χ3v) is 4.98. The third-order valence-electron chi connectivity index (χ3n) is 4.44. The quantitative estimate of drug-likeness (QED) is 0.589. The molecule has 1 fully saturated rings. The van der Waals surface area contributed by atoms with Gasteiger partial charge in [-0.05, 0) is 61.0 Å². The number of hydrogen-bond donors (Lipinski definition) is 0. The monoisotopic (exact) mass is 356 g/mol. The molecule has 1 aliphatic rings. The maximum absolute atomic E-state index is 6.22. The number of rotatable bonds is 4. The van der Waals surface area contributed by atoms with Crippen molar-refractivity contribution in [1.82, 2.24) is 9.55 Å². The molecule has 0 spiro atoms. The highest BCUT2D eigenvalue weighted by Gasteiger charge is 2.28. The van der Waals surface area contributed by atoms with Gasteiger partial charge in [0.1, 0.15) is 5.75 Å². The van der Waals surface area contributed by atoms with Crippen LogP contribution in [0, 0.1) is 4.77 Å². The van der Waals surface area contributed by atoms with E-state index in [1.54, 1.807) is 7.11 Å². The minimum absolute atomic E-state index is 0.531. The molecule has 0 N–H and O–H groups in total. The Bertz CT molecular complexity index is 962. The molecule has 1 aliphatic carbocycles. The summed E-state index contributed by atoms with van der Waals surface area (Å²) in [6.45, 7) is 0.679. The molecule has 1 aromatic heterocycles. The Morgan fingerprint density at radius 2 is 1.96 bits per heavy atom. The molecular formula is C19H17ClN2OS.